The maximum atomic E-state index is 13.2. The van der Waals surface area contributed by atoms with E-state index in [-0.39, 0.29) is 26.1 Å². The SMILES string of the molecule is CC(C)(C)OC(=O)CCN(CCOc1cccnc1)S(=O)(=O)c1ccccc1[N+](=O)[O-]. The topological polar surface area (TPSA) is 129 Å². The van der Waals surface area contributed by atoms with Gasteiger partial charge in [-0.25, -0.2) is 8.42 Å². The monoisotopic (exact) mass is 451 g/mol. The van der Waals surface area contributed by atoms with Crippen LogP contribution in [0.1, 0.15) is 27.2 Å². The molecule has 0 spiro atoms. The second-order valence-corrected chi connectivity index (χ2v) is 9.41. The van der Waals surface area contributed by atoms with Crippen LogP contribution in [0.5, 0.6) is 5.75 Å². The van der Waals surface area contributed by atoms with Crippen molar-refractivity contribution in [3.63, 3.8) is 0 Å². The molecule has 0 bridgehead atoms. The van der Waals surface area contributed by atoms with Gasteiger partial charge in [0.2, 0.25) is 10.0 Å². The molecular formula is C20H25N3O7S. The van der Waals surface area contributed by atoms with Gasteiger partial charge in [-0.3, -0.25) is 19.9 Å². The Bertz CT molecular complexity index is 1000. The van der Waals surface area contributed by atoms with Crippen molar-refractivity contribution in [3.05, 3.63) is 58.9 Å². The van der Waals surface area contributed by atoms with Gasteiger partial charge in [0.05, 0.1) is 17.5 Å². The van der Waals surface area contributed by atoms with Crippen molar-refractivity contribution in [1.29, 1.82) is 0 Å². The van der Waals surface area contributed by atoms with Gasteiger partial charge in [0.1, 0.15) is 18.0 Å². The van der Waals surface area contributed by atoms with Crippen LogP contribution >= 0.6 is 0 Å². The van der Waals surface area contributed by atoms with E-state index >= 15 is 0 Å². The fourth-order valence-electron chi connectivity index (χ4n) is 2.62. The normalized spacial score (nSPS) is 11.9. The number of hydrogen-bond acceptors (Lipinski definition) is 8. The number of esters is 1. The predicted molar refractivity (Wildman–Crippen MR) is 112 cm³/mol. The molecule has 0 atom stereocenters. The van der Waals surface area contributed by atoms with E-state index in [1.807, 2.05) is 0 Å². The Balaban J connectivity index is 2.23. The number of ether oxygens (including phenoxy) is 2. The van der Waals surface area contributed by atoms with Gasteiger partial charge in [-0.05, 0) is 39.0 Å². The number of para-hydroxylation sites is 1. The van der Waals surface area contributed by atoms with Crippen LogP contribution in [0.25, 0.3) is 0 Å². The Hall–Kier alpha value is -3.05. The van der Waals surface area contributed by atoms with Crippen molar-refractivity contribution >= 4 is 21.7 Å². The van der Waals surface area contributed by atoms with Crippen LogP contribution in [-0.2, 0) is 19.6 Å². The minimum absolute atomic E-state index is 0.0418. The molecule has 0 aliphatic carbocycles. The molecule has 0 amide bonds. The molecule has 31 heavy (non-hydrogen) atoms. The minimum atomic E-state index is -4.28. The van der Waals surface area contributed by atoms with Gasteiger partial charge in [-0.15, -0.1) is 0 Å². The highest BCUT2D eigenvalue weighted by molar-refractivity contribution is 7.89. The largest absolute Gasteiger partial charge is 0.491 e. The lowest BCUT2D eigenvalue weighted by Gasteiger charge is -2.23. The van der Waals surface area contributed by atoms with E-state index in [4.69, 9.17) is 9.47 Å². The van der Waals surface area contributed by atoms with Crippen LogP contribution < -0.4 is 4.74 Å². The first-order valence-electron chi connectivity index (χ1n) is 9.49. The summed E-state index contributed by atoms with van der Waals surface area (Å²) in [4.78, 5) is 26.1. The average Bonchev–Trinajstić information content (AvgIpc) is 2.69. The molecule has 0 N–H and O–H groups in total. The van der Waals surface area contributed by atoms with Crippen LogP contribution in [-0.4, -0.2) is 53.9 Å². The number of pyridine rings is 1. The van der Waals surface area contributed by atoms with E-state index in [0.717, 1.165) is 16.4 Å². The zero-order chi connectivity index (χ0) is 23.1. The number of aromatic nitrogens is 1. The zero-order valence-electron chi connectivity index (χ0n) is 17.6. The standard InChI is InChI=1S/C20H25N3O7S/c1-20(2,3)30-19(24)10-12-22(13-14-29-16-7-6-11-21-15-16)31(27,28)18-9-5-4-8-17(18)23(25)26/h4-9,11,15H,10,12-14H2,1-3H3. The van der Waals surface area contributed by atoms with Crippen molar-refractivity contribution in [2.24, 2.45) is 0 Å². The number of nitro groups is 1. The average molecular weight is 452 g/mol. The molecule has 11 heteroatoms. The number of nitrogens with zero attached hydrogens (tertiary/aromatic N) is 3. The fourth-order valence-corrected chi connectivity index (χ4v) is 4.21. The van der Waals surface area contributed by atoms with E-state index in [1.165, 1.54) is 18.3 Å². The van der Waals surface area contributed by atoms with E-state index in [0.29, 0.717) is 5.75 Å². The summed E-state index contributed by atoms with van der Waals surface area (Å²) < 4.78 is 38.1. The highest BCUT2D eigenvalue weighted by atomic mass is 32.2. The number of carbonyl (C=O) groups is 1. The molecular weight excluding hydrogens is 426 g/mol. The van der Waals surface area contributed by atoms with Crippen molar-refractivity contribution in [2.45, 2.75) is 37.7 Å². The van der Waals surface area contributed by atoms with E-state index in [9.17, 15) is 23.3 Å². The molecule has 0 aliphatic rings. The first kappa shape index (κ1) is 24.2. The van der Waals surface area contributed by atoms with Gasteiger partial charge in [-0.2, -0.15) is 4.31 Å². The van der Waals surface area contributed by atoms with Gasteiger partial charge in [-0.1, -0.05) is 12.1 Å². The summed E-state index contributed by atoms with van der Waals surface area (Å²) in [6.07, 6.45) is 2.82. The smallest absolute Gasteiger partial charge is 0.307 e. The molecule has 10 nitrogen and oxygen atoms in total. The summed E-state index contributed by atoms with van der Waals surface area (Å²) in [5, 5.41) is 11.3. The van der Waals surface area contributed by atoms with Crippen LogP contribution in [0.2, 0.25) is 0 Å². The van der Waals surface area contributed by atoms with Crippen molar-refractivity contribution in [1.82, 2.24) is 9.29 Å². The Labute approximate surface area is 181 Å². The maximum Gasteiger partial charge on any atom is 0.307 e. The number of sulfonamides is 1. The Kier molecular flexibility index (Phi) is 8.06. The molecule has 0 aliphatic heterocycles. The molecule has 0 saturated carbocycles. The van der Waals surface area contributed by atoms with Crippen LogP contribution in [0.3, 0.4) is 0 Å². The van der Waals surface area contributed by atoms with Crippen molar-refractivity contribution < 1.29 is 27.6 Å². The molecule has 1 aromatic heterocycles. The first-order chi connectivity index (χ1) is 14.5. The number of benzene rings is 1. The molecule has 1 aromatic carbocycles. The third kappa shape index (κ3) is 7.30. The highest BCUT2D eigenvalue weighted by Crippen LogP contribution is 2.26. The summed E-state index contributed by atoms with van der Waals surface area (Å²) in [5.74, 6) is -0.138. The maximum absolute atomic E-state index is 13.2. The van der Waals surface area contributed by atoms with Gasteiger partial charge in [0.25, 0.3) is 5.69 Å². The van der Waals surface area contributed by atoms with Gasteiger partial charge in [0.15, 0.2) is 4.90 Å². The third-order valence-electron chi connectivity index (χ3n) is 3.91. The molecule has 0 radical (unpaired) electrons. The van der Waals surface area contributed by atoms with Crippen LogP contribution in [0.4, 0.5) is 5.69 Å². The second kappa shape index (κ2) is 10.3. The Morgan fingerprint density at radius 3 is 2.48 bits per heavy atom. The van der Waals surface area contributed by atoms with Gasteiger partial charge < -0.3 is 9.47 Å². The van der Waals surface area contributed by atoms with Crippen LogP contribution in [0, 0.1) is 10.1 Å². The summed E-state index contributed by atoms with van der Waals surface area (Å²) >= 11 is 0. The summed E-state index contributed by atoms with van der Waals surface area (Å²) in [5.41, 5.74) is -1.26. The molecule has 2 aromatic rings. The lowest BCUT2D eigenvalue weighted by molar-refractivity contribution is -0.387. The fraction of sp³-hybridized carbons (Fsp3) is 0.400. The third-order valence-corrected chi connectivity index (χ3v) is 5.85. The highest BCUT2D eigenvalue weighted by Gasteiger charge is 2.32. The Morgan fingerprint density at radius 1 is 1.16 bits per heavy atom. The number of hydrogen-bond donors (Lipinski definition) is 0. The summed E-state index contributed by atoms with van der Waals surface area (Å²) in [6, 6.07) is 8.39. The van der Waals surface area contributed by atoms with Crippen LogP contribution in [0.15, 0.2) is 53.7 Å². The molecule has 1 heterocycles. The summed E-state index contributed by atoms with van der Waals surface area (Å²) in [7, 11) is -4.28. The lowest BCUT2D eigenvalue weighted by atomic mass is 10.2. The molecule has 0 saturated heterocycles. The number of nitro benzene ring substituents is 1. The van der Waals surface area contributed by atoms with E-state index in [1.54, 1.807) is 39.1 Å². The first-order valence-corrected chi connectivity index (χ1v) is 10.9. The quantitative estimate of drug-likeness (QED) is 0.306. The molecule has 0 unspecified atom stereocenters. The lowest BCUT2D eigenvalue weighted by Crippen LogP contribution is -2.37. The molecule has 2 rings (SSSR count). The molecule has 0 fully saturated rings. The zero-order valence-corrected chi connectivity index (χ0v) is 18.4. The number of rotatable bonds is 10. The van der Waals surface area contributed by atoms with Gasteiger partial charge >= 0.3 is 5.97 Å². The van der Waals surface area contributed by atoms with E-state index in [2.05, 4.69) is 4.98 Å². The van der Waals surface area contributed by atoms with Gasteiger partial charge in [0, 0.05) is 25.4 Å². The minimum Gasteiger partial charge on any atom is -0.491 e. The van der Waals surface area contributed by atoms with E-state index < -0.39 is 37.1 Å². The molecule has 168 valence electrons. The summed E-state index contributed by atoms with van der Waals surface area (Å²) in [6.45, 7) is 4.71. The number of carbonyl (C=O) groups excluding carboxylic acids is 1. The van der Waals surface area contributed by atoms with Crippen molar-refractivity contribution in [2.75, 3.05) is 19.7 Å². The predicted octanol–water partition coefficient (Wildman–Crippen LogP) is 2.79. The van der Waals surface area contributed by atoms with Crippen molar-refractivity contribution in [3.8, 4) is 5.75 Å². The Morgan fingerprint density at radius 2 is 1.87 bits per heavy atom. The second-order valence-electron chi connectivity index (χ2n) is 7.50.